The first-order chi connectivity index (χ1) is 12.1. The average Bonchev–Trinajstić information content (AvgIpc) is 3.26. The fourth-order valence-corrected chi connectivity index (χ4v) is 6.37. The number of rotatable bonds is 6. The topological polar surface area (TPSA) is 32.3 Å². The van der Waals surface area contributed by atoms with Gasteiger partial charge in [-0.25, -0.2) is 0 Å². The van der Waals surface area contributed by atoms with E-state index in [1.807, 2.05) is 7.05 Å². The minimum atomic E-state index is -0.0793. The maximum Gasteiger partial charge on any atom is 0.240 e. The van der Waals surface area contributed by atoms with Crippen LogP contribution in [0.4, 0.5) is 0 Å². The molecule has 0 heterocycles. The number of benzene rings is 1. The van der Waals surface area contributed by atoms with Gasteiger partial charge in [-0.3, -0.25) is 4.79 Å². The normalized spacial score (nSPS) is 36.4. The van der Waals surface area contributed by atoms with E-state index in [1.165, 1.54) is 24.8 Å². The Balaban J connectivity index is 1.66. The van der Waals surface area contributed by atoms with Gasteiger partial charge in [-0.2, -0.15) is 0 Å². The average molecular weight is 341 g/mol. The molecule has 6 atom stereocenters. The second-order valence-electron chi connectivity index (χ2n) is 8.71. The van der Waals surface area contributed by atoms with Crippen molar-refractivity contribution in [2.45, 2.75) is 58.0 Å². The van der Waals surface area contributed by atoms with E-state index in [9.17, 15) is 4.79 Å². The molecule has 6 unspecified atom stereocenters. The van der Waals surface area contributed by atoms with Gasteiger partial charge in [0.1, 0.15) is 0 Å². The van der Waals surface area contributed by atoms with E-state index in [0.29, 0.717) is 29.2 Å². The molecule has 1 N–H and O–H groups in total. The molecule has 1 amide bonds. The Morgan fingerprint density at radius 2 is 2.00 bits per heavy atom. The first-order valence-corrected chi connectivity index (χ1v) is 10.1. The molecule has 4 rings (SSSR count). The zero-order valence-corrected chi connectivity index (χ0v) is 16.0. The highest BCUT2D eigenvalue weighted by Gasteiger charge is 2.77. The molecule has 3 heteroatoms. The van der Waals surface area contributed by atoms with Gasteiger partial charge in [0.2, 0.25) is 5.91 Å². The molecule has 0 aromatic heterocycles. The minimum absolute atomic E-state index is 0.0793. The summed E-state index contributed by atoms with van der Waals surface area (Å²) in [6.45, 7) is 7.24. The molecule has 0 radical (unpaired) electrons. The number of hydrogen-bond acceptors (Lipinski definition) is 2. The SMILES string of the molecule is CCN(C(=O)C(NC)C(C)C)C1C2CCC3CC32C1c1ccccc1. The van der Waals surface area contributed by atoms with E-state index >= 15 is 0 Å². The van der Waals surface area contributed by atoms with E-state index in [4.69, 9.17) is 0 Å². The molecule has 1 aromatic carbocycles. The minimum Gasteiger partial charge on any atom is -0.338 e. The van der Waals surface area contributed by atoms with E-state index in [1.54, 1.807) is 0 Å². The summed E-state index contributed by atoms with van der Waals surface area (Å²) in [6.07, 6.45) is 4.07. The fourth-order valence-electron chi connectivity index (χ4n) is 6.37. The molecular weight excluding hydrogens is 308 g/mol. The number of hydrogen-bond donors (Lipinski definition) is 1. The monoisotopic (exact) mass is 340 g/mol. The van der Waals surface area contributed by atoms with Crippen molar-refractivity contribution in [3.63, 3.8) is 0 Å². The van der Waals surface area contributed by atoms with Crippen molar-refractivity contribution in [3.8, 4) is 0 Å². The van der Waals surface area contributed by atoms with E-state index in [-0.39, 0.29) is 6.04 Å². The molecule has 3 aliphatic rings. The number of nitrogens with zero attached hydrogens (tertiary/aromatic N) is 1. The van der Waals surface area contributed by atoms with Crippen LogP contribution in [-0.4, -0.2) is 36.5 Å². The van der Waals surface area contributed by atoms with Crippen LogP contribution in [0, 0.1) is 23.2 Å². The molecule has 1 aromatic rings. The molecule has 3 fully saturated rings. The van der Waals surface area contributed by atoms with Gasteiger partial charge in [-0.1, -0.05) is 44.2 Å². The summed E-state index contributed by atoms with van der Waals surface area (Å²) >= 11 is 0. The smallest absolute Gasteiger partial charge is 0.240 e. The van der Waals surface area contributed by atoms with E-state index < -0.39 is 0 Å². The maximum atomic E-state index is 13.3. The first-order valence-electron chi connectivity index (χ1n) is 10.1. The largest absolute Gasteiger partial charge is 0.338 e. The molecule has 3 aliphatic carbocycles. The summed E-state index contributed by atoms with van der Waals surface area (Å²) in [5.41, 5.74) is 1.97. The summed E-state index contributed by atoms with van der Waals surface area (Å²) < 4.78 is 0. The molecule has 0 bridgehead atoms. The van der Waals surface area contributed by atoms with Crippen molar-refractivity contribution < 1.29 is 4.79 Å². The van der Waals surface area contributed by atoms with Crippen LogP contribution in [0.25, 0.3) is 0 Å². The number of likely N-dealkylation sites (N-methyl/N-ethyl adjacent to an activating group) is 2. The Morgan fingerprint density at radius 3 is 2.56 bits per heavy atom. The highest BCUT2D eigenvalue weighted by molar-refractivity contribution is 5.83. The summed E-state index contributed by atoms with van der Waals surface area (Å²) in [6, 6.07) is 11.3. The van der Waals surface area contributed by atoms with Crippen LogP contribution in [0.1, 0.15) is 51.5 Å². The van der Waals surface area contributed by atoms with Crippen molar-refractivity contribution in [1.29, 1.82) is 0 Å². The highest BCUT2D eigenvalue weighted by Crippen LogP contribution is 2.81. The van der Waals surface area contributed by atoms with Crippen LogP contribution >= 0.6 is 0 Å². The fraction of sp³-hybridized carbons (Fsp3) is 0.682. The van der Waals surface area contributed by atoms with Gasteiger partial charge in [0.15, 0.2) is 0 Å². The standard InChI is InChI=1S/C22H32N2O/c1-5-24(21(25)19(23-4)14(2)3)20-17-12-11-16-13-22(16,17)18(20)15-9-7-6-8-10-15/h6-10,14,16-20,23H,5,11-13H2,1-4H3. The van der Waals surface area contributed by atoms with Gasteiger partial charge < -0.3 is 10.2 Å². The van der Waals surface area contributed by atoms with Crippen LogP contribution in [0.5, 0.6) is 0 Å². The Bertz CT molecular complexity index is 643. The summed E-state index contributed by atoms with van der Waals surface area (Å²) in [4.78, 5) is 15.5. The van der Waals surface area contributed by atoms with Crippen molar-refractivity contribution in [2.75, 3.05) is 13.6 Å². The summed E-state index contributed by atoms with van der Waals surface area (Å²) in [5, 5.41) is 3.26. The van der Waals surface area contributed by atoms with Gasteiger partial charge in [0, 0.05) is 18.5 Å². The van der Waals surface area contributed by atoms with E-state index in [0.717, 1.165) is 18.4 Å². The molecule has 3 nitrogen and oxygen atoms in total. The quantitative estimate of drug-likeness (QED) is 0.857. The third kappa shape index (κ3) is 2.31. The second kappa shape index (κ2) is 6.12. The lowest BCUT2D eigenvalue weighted by molar-refractivity contribution is -0.145. The van der Waals surface area contributed by atoms with Gasteiger partial charge in [0.05, 0.1) is 6.04 Å². The van der Waals surface area contributed by atoms with Gasteiger partial charge >= 0.3 is 0 Å². The van der Waals surface area contributed by atoms with Crippen molar-refractivity contribution in [1.82, 2.24) is 10.2 Å². The lowest BCUT2D eigenvalue weighted by Crippen LogP contribution is -2.63. The van der Waals surface area contributed by atoms with Gasteiger partial charge in [0.25, 0.3) is 0 Å². The maximum absolute atomic E-state index is 13.3. The lowest BCUT2D eigenvalue weighted by Gasteiger charge is -2.57. The van der Waals surface area contributed by atoms with Crippen LogP contribution in [0.3, 0.4) is 0 Å². The molecule has 3 saturated carbocycles. The summed E-state index contributed by atoms with van der Waals surface area (Å²) in [5.74, 6) is 2.78. The third-order valence-corrected chi connectivity index (χ3v) is 7.44. The number of amides is 1. The molecule has 136 valence electrons. The molecule has 1 spiro atoms. The van der Waals surface area contributed by atoms with Gasteiger partial charge in [-0.15, -0.1) is 0 Å². The zero-order chi connectivity index (χ0) is 17.8. The Kier molecular flexibility index (Phi) is 4.18. The van der Waals surface area contributed by atoms with Crippen LogP contribution in [0.15, 0.2) is 30.3 Å². The van der Waals surface area contributed by atoms with Crippen molar-refractivity contribution >= 4 is 5.91 Å². The Labute approximate surface area is 152 Å². The zero-order valence-electron chi connectivity index (χ0n) is 16.0. The first kappa shape index (κ1) is 17.1. The number of carbonyl (C=O) groups excluding carboxylic acids is 1. The van der Waals surface area contributed by atoms with Crippen LogP contribution in [0.2, 0.25) is 0 Å². The van der Waals surface area contributed by atoms with Gasteiger partial charge in [-0.05, 0) is 62.0 Å². The predicted octanol–water partition coefficient (Wildman–Crippen LogP) is 3.66. The molecule has 25 heavy (non-hydrogen) atoms. The predicted molar refractivity (Wildman–Crippen MR) is 101 cm³/mol. The summed E-state index contributed by atoms with van der Waals surface area (Å²) in [7, 11) is 1.92. The Hall–Kier alpha value is -1.35. The third-order valence-electron chi connectivity index (χ3n) is 7.44. The van der Waals surface area contributed by atoms with Crippen molar-refractivity contribution in [3.05, 3.63) is 35.9 Å². The van der Waals surface area contributed by atoms with E-state index in [2.05, 4.69) is 61.3 Å². The van der Waals surface area contributed by atoms with Crippen molar-refractivity contribution in [2.24, 2.45) is 23.2 Å². The lowest BCUT2D eigenvalue weighted by atomic mass is 9.55. The van der Waals surface area contributed by atoms with Crippen LogP contribution < -0.4 is 5.32 Å². The van der Waals surface area contributed by atoms with Crippen LogP contribution in [-0.2, 0) is 4.79 Å². The second-order valence-corrected chi connectivity index (χ2v) is 8.71. The number of carbonyl (C=O) groups is 1. The number of nitrogens with one attached hydrogen (secondary N) is 1. The molecule has 0 aliphatic heterocycles. The molecule has 0 saturated heterocycles. The highest BCUT2D eigenvalue weighted by atomic mass is 16.2. The Morgan fingerprint density at radius 1 is 1.28 bits per heavy atom. The molecular formula is C22H32N2O.